The van der Waals surface area contributed by atoms with E-state index in [-0.39, 0.29) is 0 Å². The Hall–Kier alpha value is -1.62. The minimum atomic E-state index is 0.465. The Kier molecular flexibility index (Phi) is 4.08. The van der Waals surface area contributed by atoms with Gasteiger partial charge in [0.05, 0.1) is 17.9 Å². The highest BCUT2D eigenvalue weighted by Gasteiger charge is 2.24. The minimum Gasteiger partial charge on any atom is -0.444 e. The summed E-state index contributed by atoms with van der Waals surface area (Å²) in [5, 5.41) is 0. The largest absolute Gasteiger partial charge is 0.444 e. The monoisotopic (exact) mass is 302 g/mol. The van der Waals surface area contributed by atoms with E-state index in [1.165, 1.54) is 17.2 Å². The molecule has 2 aromatic rings. The van der Waals surface area contributed by atoms with E-state index >= 15 is 0 Å². The van der Waals surface area contributed by atoms with Gasteiger partial charge in [0.15, 0.2) is 5.89 Å². The molecule has 0 radical (unpaired) electrons. The number of nitrogens with zero attached hydrogens (tertiary/aromatic N) is 4. The highest BCUT2D eigenvalue weighted by molar-refractivity contribution is 5.22. The molecule has 0 aromatic carbocycles. The van der Waals surface area contributed by atoms with Crippen molar-refractivity contribution in [2.75, 3.05) is 6.54 Å². The van der Waals surface area contributed by atoms with Crippen molar-refractivity contribution in [1.29, 1.82) is 0 Å². The molecule has 0 saturated heterocycles. The van der Waals surface area contributed by atoms with Crippen LogP contribution in [0.5, 0.6) is 0 Å². The third kappa shape index (κ3) is 2.70. The molecule has 3 rings (SSSR count). The summed E-state index contributed by atoms with van der Waals surface area (Å²) >= 11 is 0. The number of aryl methyl sites for hydroxylation is 2. The molecular weight excluding hydrogens is 276 g/mol. The maximum absolute atomic E-state index is 5.84. The van der Waals surface area contributed by atoms with Crippen molar-refractivity contribution in [2.45, 2.75) is 59.5 Å². The van der Waals surface area contributed by atoms with Gasteiger partial charge >= 0.3 is 0 Å². The van der Waals surface area contributed by atoms with Gasteiger partial charge in [-0.25, -0.2) is 9.97 Å². The standard InChI is InChI=1S/C17H26N4O/c1-6-16-18-12(4)15(22-16)10-21-8-7-14-13(9-21)19-17(11(2)3)20(14)5/h11H,6-10H2,1-5H3. The van der Waals surface area contributed by atoms with Crippen LogP contribution in [-0.4, -0.2) is 26.0 Å². The van der Waals surface area contributed by atoms with Gasteiger partial charge in [0, 0.05) is 44.6 Å². The molecule has 5 heteroatoms. The van der Waals surface area contributed by atoms with Gasteiger partial charge in [0.1, 0.15) is 11.6 Å². The van der Waals surface area contributed by atoms with Crippen molar-refractivity contribution in [1.82, 2.24) is 19.4 Å². The predicted octanol–water partition coefficient (Wildman–Crippen LogP) is 2.96. The van der Waals surface area contributed by atoms with Crippen molar-refractivity contribution in [3.8, 4) is 0 Å². The number of rotatable bonds is 4. The maximum atomic E-state index is 5.84. The molecule has 0 unspecified atom stereocenters. The molecule has 0 saturated carbocycles. The zero-order valence-electron chi connectivity index (χ0n) is 14.3. The molecule has 3 heterocycles. The summed E-state index contributed by atoms with van der Waals surface area (Å²) in [6.07, 6.45) is 1.91. The van der Waals surface area contributed by atoms with Crippen molar-refractivity contribution in [3.63, 3.8) is 0 Å². The van der Waals surface area contributed by atoms with Crippen LogP contribution in [0.4, 0.5) is 0 Å². The number of fused-ring (bicyclic) bond motifs is 1. The SMILES string of the molecule is CCc1nc(C)c(CN2CCc3c(nc(C(C)C)n3C)C2)o1. The first-order chi connectivity index (χ1) is 10.5. The molecular formula is C17H26N4O. The summed E-state index contributed by atoms with van der Waals surface area (Å²) in [7, 11) is 2.14. The van der Waals surface area contributed by atoms with Crippen LogP contribution in [-0.2, 0) is 33.0 Å². The summed E-state index contributed by atoms with van der Waals surface area (Å²) in [4.78, 5) is 11.7. The molecule has 0 fully saturated rings. The fraction of sp³-hybridized carbons (Fsp3) is 0.647. The first-order valence-corrected chi connectivity index (χ1v) is 8.21. The van der Waals surface area contributed by atoms with E-state index < -0.39 is 0 Å². The van der Waals surface area contributed by atoms with Crippen molar-refractivity contribution in [2.24, 2.45) is 7.05 Å². The topological polar surface area (TPSA) is 47.1 Å². The van der Waals surface area contributed by atoms with Gasteiger partial charge in [-0.15, -0.1) is 0 Å². The van der Waals surface area contributed by atoms with Crippen LogP contribution in [0.3, 0.4) is 0 Å². The van der Waals surface area contributed by atoms with Gasteiger partial charge in [-0.2, -0.15) is 0 Å². The second-order valence-electron chi connectivity index (χ2n) is 6.51. The van der Waals surface area contributed by atoms with E-state index in [0.29, 0.717) is 5.92 Å². The third-order valence-corrected chi connectivity index (χ3v) is 4.49. The quantitative estimate of drug-likeness (QED) is 0.871. The van der Waals surface area contributed by atoms with E-state index in [4.69, 9.17) is 9.40 Å². The van der Waals surface area contributed by atoms with Crippen LogP contribution in [0.1, 0.15) is 61.2 Å². The van der Waals surface area contributed by atoms with Gasteiger partial charge in [-0.3, -0.25) is 4.90 Å². The molecule has 2 aromatic heterocycles. The number of hydrogen-bond acceptors (Lipinski definition) is 4. The van der Waals surface area contributed by atoms with Gasteiger partial charge in [-0.05, 0) is 6.92 Å². The fourth-order valence-corrected chi connectivity index (χ4v) is 3.24. The van der Waals surface area contributed by atoms with Gasteiger partial charge in [0.25, 0.3) is 0 Å². The van der Waals surface area contributed by atoms with E-state index in [9.17, 15) is 0 Å². The van der Waals surface area contributed by atoms with Gasteiger partial charge < -0.3 is 8.98 Å². The summed E-state index contributed by atoms with van der Waals surface area (Å²) < 4.78 is 8.13. The molecule has 0 atom stereocenters. The van der Waals surface area contributed by atoms with Gasteiger partial charge in [0.2, 0.25) is 0 Å². The van der Waals surface area contributed by atoms with E-state index in [1.54, 1.807) is 0 Å². The molecule has 5 nitrogen and oxygen atoms in total. The highest BCUT2D eigenvalue weighted by Crippen LogP contribution is 2.25. The molecule has 0 amide bonds. The highest BCUT2D eigenvalue weighted by atomic mass is 16.4. The van der Waals surface area contributed by atoms with Gasteiger partial charge in [-0.1, -0.05) is 20.8 Å². The Balaban J connectivity index is 1.76. The molecule has 0 N–H and O–H groups in total. The minimum absolute atomic E-state index is 0.465. The average molecular weight is 302 g/mol. The lowest BCUT2D eigenvalue weighted by Gasteiger charge is -2.25. The van der Waals surface area contributed by atoms with Crippen molar-refractivity contribution >= 4 is 0 Å². The number of hydrogen-bond donors (Lipinski definition) is 0. The first-order valence-electron chi connectivity index (χ1n) is 8.21. The predicted molar refractivity (Wildman–Crippen MR) is 85.7 cm³/mol. The molecule has 22 heavy (non-hydrogen) atoms. The summed E-state index contributed by atoms with van der Waals surface area (Å²) in [5.41, 5.74) is 3.64. The fourth-order valence-electron chi connectivity index (χ4n) is 3.24. The Morgan fingerprint density at radius 2 is 2.05 bits per heavy atom. The zero-order valence-corrected chi connectivity index (χ0v) is 14.3. The third-order valence-electron chi connectivity index (χ3n) is 4.49. The Morgan fingerprint density at radius 1 is 1.27 bits per heavy atom. The molecule has 1 aliphatic heterocycles. The Labute approximate surface area is 132 Å². The van der Waals surface area contributed by atoms with Crippen LogP contribution in [0, 0.1) is 6.92 Å². The van der Waals surface area contributed by atoms with Crippen molar-refractivity contribution in [3.05, 3.63) is 34.6 Å². The van der Waals surface area contributed by atoms with Crippen LogP contribution in [0.25, 0.3) is 0 Å². The molecule has 0 bridgehead atoms. The molecule has 0 spiro atoms. The molecule has 0 aliphatic carbocycles. The van der Waals surface area contributed by atoms with E-state index in [1.807, 2.05) is 6.92 Å². The Bertz CT molecular complexity index is 668. The van der Waals surface area contributed by atoms with Crippen LogP contribution >= 0.6 is 0 Å². The summed E-state index contributed by atoms with van der Waals surface area (Å²) in [6, 6.07) is 0. The summed E-state index contributed by atoms with van der Waals surface area (Å²) in [5.74, 6) is 3.49. The van der Waals surface area contributed by atoms with Crippen LogP contribution in [0.15, 0.2) is 4.42 Å². The second kappa shape index (κ2) is 5.88. The average Bonchev–Trinajstić information content (AvgIpc) is 3.00. The van der Waals surface area contributed by atoms with E-state index in [0.717, 1.165) is 49.8 Å². The maximum Gasteiger partial charge on any atom is 0.194 e. The molecule has 120 valence electrons. The van der Waals surface area contributed by atoms with E-state index in [2.05, 4.69) is 42.3 Å². The Morgan fingerprint density at radius 3 is 2.68 bits per heavy atom. The second-order valence-corrected chi connectivity index (χ2v) is 6.51. The number of oxazole rings is 1. The lowest BCUT2D eigenvalue weighted by atomic mass is 10.1. The smallest absolute Gasteiger partial charge is 0.194 e. The lowest BCUT2D eigenvalue weighted by molar-refractivity contribution is 0.218. The van der Waals surface area contributed by atoms with Crippen LogP contribution < -0.4 is 0 Å². The zero-order chi connectivity index (χ0) is 15.9. The number of aromatic nitrogens is 3. The lowest BCUT2D eigenvalue weighted by Crippen LogP contribution is -2.30. The van der Waals surface area contributed by atoms with Crippen molar-refractivity contribution < 1.29 is 4.42 Å². The molecule has 1 aliphatic rings. The van der Waals surface area contributed by atoms with Crippen LogP contribution in [0.2, 0.25) is 0 Å². The number of imidazole rings is 1. The normalized spacial score (nSPS) is 15.5. The summed E-state index contributed by atoms with van der Waals surface area (Å²) in [6.45, 7) is 11.3. The first kappa shape index (κ1) is 15.3.